The molecule has 4 rings (SSSR count). The number of pyridine rings is 1. The molecule has 1 amide bonds. The number of fused-ring (bicyclic) bond motifs is 1. The van der Waals surface area contributed by atoms with Crippen LogP contribution in [-0.4, -0.2) is 81.7 Å². The van der Waals surface area contributed by atoms with Gasteiger partial charge in [-0.25, -0.2) is 9.97 Å². The van der Waals surface area contributed by atoms with Crippen molar-refractivity contribution in [3.8, 4) is 5.88 Å². The normalized spacial score (nSPS) is 16.3. The minimum Gasteiger partial charge on any atom is -0.475 e. The molecule has 1 unspecified atom stereocenters. The largest absolute Gasteiger partial charge is 0.475 e. The van der Waals surface area contributed by atoms with Crippen molar-refractivity contribution in [2.24, 2.45) is 0 Å². The van der Waals surface area contributed by atoms with Gasteiger partial charge in [0.15, 0.2) is 5.16 Å². The van der Waals surface area contributed by atoms with E-state index >= 15 is 0 Å². The molecular formula is C22H27N5O4S2. The molecule has 176 valence electrons. The van der Waals surface area contributed by atoms with Crippen molar-refractivity contribution >= 4 is 35.1 Å². The Hall–Kier alpha value is -2.34. The lowest BCUT2D eigenvalue weighted by Crippen LogP contribution is -2.48. The number of nitrogens with zero attached hydrogens (tertiary/aromatic N) is 5. The Morgan fingerprint density at radius 1 is 1.27 bits per heavy atom. The molecule has 0 saturated carbocycles. The van der Waals surface area contributed by atoms with Gasteiger partial charge in [-0.1, -0.05) is 17.8 Å². The highest BCUT2D eigenvalue weighted by atomic mass is 32.2. The monoisotopic (exact) mass is 489 g/mol. The summed E-state index contributed by atoms with van der Waals surface area (Å²) in [6.45, 7) is 2.29. The molecule has 0 radical (unpaired) electrons. The van der Waals surface area contributed by atoms with Crippen LogP contribution >= 0.6 is 23.5 Å². The van der Waals surface area contributed by atoms with Gasteiger partial charge >= 0.3 is 0 Å². The van der Waals surface area contributed by atoms with E-state index in [0.29, 0.717) is 55.5 Å². The first-order valence-electron chi connectivity index (χ1n) is 10.6. The number of carbonyl (C=O) groups excluding carboxylic acids is 1. The van der Waals surface area contributed by atoms with Crippen molar-refractivity contribution in [3.05, 3.63) is 48.0 Å². The Kier molecular flexibility index (Phi) is 8.43. The molecule has 1 aliphatic rings. The zero-order valence-electron chi connectivity index (χ0n) is 18.7. The summed E-state index contributed by atoms with van der Waals surface area (Å²) in [4.78, 5) is 27.9. The standard InChI is InChI=1S/C22H27N5O4S2/c1-29-12-16-9-20(25-22(24-16)32-2)31-13-18-11-27(7-8-30-18)21(28)15-33-14-17-10-26-6-4-3-5-19(26)23-17/h3-6,9-10,18H,7-8,11-15H2,1-2H3. The fourth-order valence-corrected chi connectivity index (χ4v) is 4.65. The number of morpholine rings is 1. The predicted molar refractivity (Wildman–Crippen MR) is 128 cm³/mol. The highest BCUT2D eigenvalue weighted by molar-refractivity contribution is 7.99. The first-order chi connectivity index (χ1) is 16.1. The molecular weight excluding hydrogens is 462 g/mol. The molecule has 0 aliphatic carbocycles. The van der Waals surface area contributed by atoms with Crippen LogP contribution in [-0.2, 0) is 26.6 Å². The van der Waals surface area contributed by atoms with E-state index in [2.05, 4.69) is 15.0 Å². The highest BCUT2D eigenvalue weighted by Crippen LogP contribution is 2.18. The average molecular weight is 490 g/mol. The molecule has 33 heavy (non-hydrogen) atoms. The Bertz CT molecular complexity index is 1050. The van der Waals surface area contributed by atoms with Gasteiger partial charge in [0.05, 0.1) is 36.9 Å². The summed E-state index contributed by atoms with van der Waals surface area (Å²) in [6, 6.07) is 7.67. The molecule has 0 spiro atoms. The molecule has 1 saturated heterocycles. The number of hydrogen-bond acceptors (Lipinski definition) is 9. The van der Waals surface area contributed by atoms with Gasteiger partial charge in [0, 0.05) is 37.9 Å². The van der Waals surface area contributed by atoms with Crippen molar-refractivity contribution in [2.45, 2.75) is 23.6 Å². The zero-order chi connectivity index (χ0) is 23.0. The molecule has 0 bridgehead atoms. The van der Waals surface area contributed by atoms with E-state index in [1.807, 2.05) is 46.1 Å². The third kappa shape index (κ3) is 6.59. The number of imidazole rings is 1. The van der Waals surface area contributed by atoms with Crippen LogP contribution in [0.15, 0.2) is 41.8 Å². The van der Waals surface area contributed by atoms with Gasteiger partial charge in [0.1, 0.15) is 18.4 Å². The summed E-state index contributed by atoms with van der Waals surface area (Å²) >= 11 is 3.02. The molecule has 3 aromatic rings. The van der Waals surface area contributed by atoms with Crippen LogP contribution in [0.5, 0.6) is 5.88 Å². The van der Waals surface area contributed by atoms with Gasteiger partial charge in [0.2, 0.25) is 11.8 Å². The van der Waals surface area contributed by atoms with Gasteiger partial charge in [-0.2, -0.15) is 4.98 Å². The van der Waals surface area contributed by atoms with Gasteiger partial charge in [-0.15, -0.1) is 11.8 Å². The van der Waals surface area contributed by atoms with E-state index in [1.165, 1.54) is 11.8 Å². The Morgan fingerprint density at radius 2 is 2.18 bits per heavy atom. The maximum Gasteiger partial charge on any atom is 0.232 e. The third-order valence-electron chi connectivity index (χ3n) is 5.01. The number of rotatable bonds is 10. The average Bonchev–Trinajstić information content (AvgIpc) is 3.26. The van der Waals surface area contributed by atoms with Crippen LogP contribution in [0, 0.1) is 0 Å². The van der Waals surface area contributed by atoms with Crippen molar-refractivity contribution < 1.29 is 19.0 Å². The number of amides is 1. The van der Waals surface area contributed by atoms with E-state index in [0.717, 1.165) is 17.0 Å². The van der Waals surface area contributed by atoms with Crippen molar-refractivity contribution in [1.29, 1.82) is 0 Å². The SMILES string of the molecule is COCc1cc(OCC2CN(C(=O)CSCc3cn4ccccc4n3)CCO2)nc(SC)n1. The van der Waals surface area contributed by atoms with Gasteiger partial charge in [-0.05, 0) is 18.4 Å². The summed E-state index contributed by atoms with van der Waals surface area (Å²) < 4.78 is 18.8. The summed E-state index contributed by atoms with van der Waals surface area (Å²) in [5, 5.41) is 0.628. The predicted octanol–water partition coefficient (Wildman–Crippen LogP) is 2.53. The minimum absolute atomic E-state index is 0.103. The minimum atomic E-state index is -0.204. The fourth-order valence-electron chi connectivity index (χ4n) is 3.45. The number of thioether (sulfide) groups is 2. The third-order valence-corrected chi connectivity index (χ3v) is 6.51. The Morgan fingerprint density at radius 3 is 3.00 bits per heavy atom. The zero-order valence-corrected chi connectivity index (χ0v) is 20.3. The van der Waals surface area contributed by atoms with Gasteiger partial charge in [0.25, 0.3) is 0 Å². The van der Waals surface area contributed by atoms with E-state index < -0.39 is 0 Å². The Labute approximate surface area is 201 Å². The van der Waals surface area contributed by atoms with E-state index in [-0.39, 0.29) is 12.0 Å². The molecule has 0 aromatic carbocycles. The van der Waals surface area contributed by atoms with E-state index in [1.54, 1.807) is 24.9 Å². The number of methoxy groups -OCH3 is 1. The van der Waals surface area contributed by atoms with Crippen molar-refractivity contribution in [1.82, 2.24) is 24.3 Å². The van der Waals surface area contributed by atoms with Crippen LogP contribution < -0.4 is 4.74 Å². The van der Waals surface area contributed by atoms with Crippen molar-refractivity contribution in [3.63, 3.8) is 0 Å². The molecule has 11 heteroatoms. The molecule has 9 nitrogen and oxygen atoms in total. The Balaban J connectivity index is 1.24. The molecule has 1 aliphatic heterocycles. The molecule has 0 N–H and O–H groups in total. The first-order valence-corrected chi connectivity index (χ1v) is 13.0. The number of hydrogen-bond donors (Lipinski definition) is 0. The molecule has 1 atom stereocenters. The second-order valence-electron chi connectivity index (χ2n) is 7.45. The smallest absolute Gasteiger partial charge is 0.232 e. The van der Waals surface area contributed by atoms with Gasteiger partial charge < -0.3 is 23.5 Å². The lowest BCUT2D eigenvalue weighted by atomic mass is 10.3. The lowest BCUT2D eigenvalue weighted by molar-refractivity contribution is -0.137. The first kappa shape index (κ1) is 23.8. The topological polar surface area (TPSA) is 91.1 Å². The quantitative estimate of drug-likeness (QED) is 0.315. The summed E-state index contributed by atoms with van der Waals surface area (Å²) in [7, 11) is 1.62. The number of ether oxygens (including phenoxy) is 3. The second-order valence-corrected chi connectivity index (χ2v) is 9.21. The maximum absolute atomic E-state index is 12.7. The van der Waals surface area contributed by atoms with Crippen LogP contribution in [0.3, 0.4) is 0 Å². The fraction of sp³-hybridized carbons (Fsp3) is 0.455. The van der Waals surface area contributed by atoms with E-state index in [4.69, 9.17) is 14.2 Å². The van der Waals surface area contributed by atoms with Gasteiger partial charge in [-0.3, -0.25) is 4.79 Å². The summed E-state index contributed by atoms with van der Waals surface area (Å²) in [5.74, 6) is 1.69. The van der Waals surface area contributed by atoms with Crippen LogP contribution in [0.4, 0.5) is 0 Å². The lowest BCUT2D eigenvalue weighted by Gasteiger charge is -2.32. The van der Waals surface area contributed by atoms with E-state index in [9.17, 15) is 4.79 Å². The summed E-state index contributed by atoms with van der Waals surface area (Å²) in [5.41, 5.74) is 2.64. The molecule has 1 fully saturated rings. The number of carbonyl (C=O) groups is 1. The molecule has 4 heterocycles. The number of aromatic nitrogens is 4. The van der Waals surface area contributed by atoms with Crippen molar-refractivity contribution in [2.75, 3.05) is 45.4 Å². The van der Waals surface area contributed by atoms with Crippen LogP contribution in [0.2, 0.25) is 0 Å². The summed E-state index contributed by atoms with van der Waals surface area (Å²) in [6.07, 6.45) is 5.68. The maximum atomic E-state index is 12.7. The molecule has 3 aromatic heterocycles. The van der Waals surface area contributed by atoms with Crippen LogP contribution in [0.1, 0.15) is 11.4 Å². The van der Waals surface area contributed by atoms with Crippen LogP contribution in [0.25, 0.3) is 5.65 Å². The highest BCUT2D eigenvalue weighted by Gasteiger charge is 2.25. The second kappa shape index (κ2) is 11.7.